The van der Waals surface area contributed by atoms with Crippen molar-refractivity contribution in [2.45, 2.75) is 52.2 Å². The number of hydrogen-bond acceptors (Lipinski definition) is 2. The lowest BCUT2D eigenvalue weighted by Gasteiger charge is -2.33. The molecule has 0 aromatic heterocycles. The highest BCUT2D eigenvalue weighted by molar-refractivity contribution is 9.10. The molecule has 1 aliphatic rings. The Morgan fingerprint density at radius 1 is 1.26 bits per heavy atom. The summed E-state index contributed by atoms with van der Waals surface area (Å²) >= 11 is 3.51. The van der Waals surface area contributed by atoms with Gasteiger partial charge in [-0.3, -0.25) is 0 Å². The first-order valence-electron chi connectivity index (χ1n) is 7.19. The number of ether oxygens (including phenoxy) is 1. The molecular formula is C16H24BrNO. The predicted molar refractivity (Wildman–Crippen MR) is 83.3 cm³/mol. The molecule has 1 aromatic carbocycles. The van der Waals surface area contributed by atoms with Crippen molar-refractivity contribution in [3.05, 3.63) is 28.2 Å². The van der Waals surface area contributed by atoms with Crippen molar-refractivity contribution in [2.24, 2.45) is 17.6 Å². The number of hydrogen-bond donors (Lipinski definition) is 1. The molecule has 0 saturated heterocycles. The number of rotatable bonds is 3. The van der Waals surface area contributed by atoms with Crippen LogP contribution in [0.1, 0.15) is 51.6 Å². The van der Waals surface area contributed by atoms with E-state index in [9.17, 15) is 0 Å². The van der Waals surface area contributed by atoms with E-state index in [1.54, 1.807) is 0 Å². The Morgan fingerprint density at radius 2 is 2.00 bits per heavy atom. The Labute approximate surface area is 124 Å². The van der Waals surface area contributed by atoms with Crippen LogP contribution in [0, 0.1) is 11.8 Å². The van der Waals surface area contributed by atoms with Crippen molar-refractivity contribution >= 4 is 15.9 Å². The molecule has 19 heavy (non-hydrogen) atoms. The quantitative estimate of drug-likeness (QED) is 0.876. The second-order valence-electron chi connectivity index (χ2n) is 5.98. The molecule has 0 radical (unpaired) electrons. The van der Waals surface area contributed by atoms with E-state index >= 15 is 0 Å². The number of benzene rings is 1. The Morgan fingerprint density at radius 3 is 2.63 bits per heavy atom. The van der Waals surface area contributed by atoms with Crippen LogP contribution in [0.5, 0.6) is 5.75 Å². The summed E-state index contributed by atoms with van der Waals surface area (Å²) in [7, 11) is 0. The second kappa shape index (κ2) is 6.27. The maximum atomic E-state index is 6.24. The summed E-state index contributed by atoms with van der Waals surface area (Å²) < 4.78 is 7.28. The van der Waals surface area contributed by atoms with Gasteiger partial charge in [-0.1, -0.05) is 35.8 Å². The number of halogens is 1. The molecule has 0 heterocycles. The average molecular weight is 326 g/mol. The topological polar surface area (TPSA) is 35.2 Å². The first-order chi connectivity index (χ1) is 8.97. The summed E-state index contributed by atoms with van der Waals surface area (Å²) in [5.41, 5.74) is 7.12. The van der Waals surface area contributed by atoms with Crippen LogP contribution in [0.3, 0.4) is 0 Å². The molecule has 1 aromatic rings. The molecule has 2 rings (SSSR count). The lowest BCUT2D eigenvalue weighted by molar-refractivity contribution is 0.0994. The fraction of sp³-hybridized carbons (Fsp3) is 0.625. The van der Waals surface area contributed by atoms with Gasteiger partial charge in [-0.25, -0.2) is 0 Å². The molecule has 2 N–H and O–H groups in total. The highest BCUT2D eigenvalue weighted by atomic mass is 79.9. The van der Waals surface area contributed by atoms with E-state index in [1.165, 1.54) is 6.42 Å². The minimum absolute atomic E-state index is 0.00281. The predicted octanol–water partition coefficient (Wildman–Crippen LogP) is 4.67. The van der Waals surface area contributed by atoms with Gasteiger partial charge >= 0.3 is 0 Å². The Balaban J connectivity index is 2.12. The molecule has 0 aliphatic heterocycles. The summed E-state index contributed by atoms with van der Waals surface area (Å²) in [5.74, 6) is 2.50. The SMILES string of the molecule is CC1CCC(Oc2cc(Br)ccc2[C@@H](C)N)CC1C. The van der Waals surface area contributed by atoms with Gasteiger partial charge in [0.15, 0.2) is 0 Å². The van der Waals surface area contributed by atoms with E-state index in [4.69, 9.17) is 10.5 Å². The fourth-order valence-corrected chi connectivity index (χ4v) is 3.11. The molecule has 1 fully saturated rings. The minimum Gasteiger partial charge on any atom is -0.490 e. The van der Waals surface area contributed by atoms with Crippen molar-refractivity contribution in [1.82, 2.24) is 0 Å². The number of nitrogens with two attached hydrogens (primary N) is 1. The van der Waals surface area contributed by atoms with Crippen LogP contribution < -0.4 is 10.5 Å². The third-order valence-electron chi connectivity index (χ3n) is 4.31. The van der Waals surface area contributed by atoms with Gasteiger partial charge in [0.05, 0.1) is 6.10 Å². The molecule has 0 spiro atoms. The molecule has 4 atom stereocenters. The highest BCUT2D eigenvalue weighted by Gasteiger charge is 2.26. The van der Waals surface area contributed by atoms with Crippen molar-refractivity contribution < 1.29 is 4.74 Å². The van der Waals surface area contributed by atoms with Gasteiger partial charge in [0.2, 0.25) is 0 Å². The maximum Gasteiger partial charge on any atom is 0.125 e. The van der Waals surface area contributed by atoms with Crippen LogP contribution in [0.15, 0.2) is 22.7 Å². The van der Waals surface area contributed by atoms with E-state index in [0.29, 0.717) is 6.10 Å². The average Bonchev–Trinajstić information content (AvgIpc) is 2.33. The van der Waals surface area contributed by atoms with Gasteiger partial charge in [0.1, 0.15) is 5.75 Å². The smallest absolute Gasteiger partial charge is 0.125 e. The lowest BCUT2D eigenvalue weighted by atomic mass is 9.80. The normalized spacial score (nSPS) is 29.0. The summed E-state index contributed by atoms with van der Waals surface area (Å²) in [4.78, 5) is 0. The molecule has 1 aliphatic carbocycles. The maximum absolute atomic E-state index is 6.24. The van der Waals surface area contributed by atoms with Gasteiger partial charge in [0, 0.05) is 16.1 Å². The fourth-order valence-electron chi connectivity index (χ4n) is 2.77. The van der Waals surface area contributed by atoms with Crippen molar-refractivity contribution in [1.29, 1.82) is 0 Å². The van der Waals surface area contributed by atoms with Crippen molar-refractivity contribution in [3.8, 4) is 5.75 Å². The van der Waals surface area contributed by atoms with E-state index in [-0.39, 0.29) is 6.04 Å². The van der Waals surface area contributed by atoms with E-state index < -0.39 is 0 Å². The summed E-state index contributed by atoms with van der Waals surface area (Å²) in [6.07, 6.45) is 3.88. The molecule has 0 amide bonds. The first-order valence-corrected chi connectivity index (χ1v) is 7.98. The molecule has 3 heteroatoms. The molecule has 3 unspecified atom stereocenters. The van der Waals surface area contributed by atoms with E-state index in [1.807, 2.05) is 19.1 Å². The van der Waals surface area contributed by atoms with Crippen molar-refractivity contribution in [2.75, 3.05) is 0 Å². The Hall–Kier alpha value is -0.540. The monoisotopic (exact) mass is 325 g/mol. The third kappa shape index (κ3) is 3.73. The summed E-state index contributed by atoms with van der Waals surface area (Å²) in [5, 5.41) is 0. The van der Waals surface area contributed by atoms with Gasteiger partial charge < -0.3 is 10.5 Å². The Bertz CT molecular complexity index is 433. The standard InChI is InChI=1S/C16H24BrNO/c1-10-4-6-14(8-11(10)2)19-16-9-13(17)5-7-15(16)12(3)18/h5,7,9-12,14H,4,6,8,18H2,1-3H3/t10?,11?,12-,14?/m1/s1. The van der Waals surface area contributed by atoms with E-state index in [2.05, 4.69) is 35.8 Å². The largest absolute Gasteiger partial charge is 0.490 e. The van der Waals surface area contributed by atoms with Crippen LogP contribution in [0.2, 0.25) is 0 Å². The van der Waals surface area contributed by atoms with Crippen LogP contribution >= 0.6 is 15.9 Å². The molecule has 0 bridgehead atoms. The van der Waals surface area contributed by atoms with Gasteiger partial charge in [0.25, 0.3) is 0 Å². The Kier molecular flexibility index (Phi) is 4.91. The molecule has 106 valence electrons. The first kappa shape index (κ1) is 14.9. The highest BCUT2D eigenvalue weighted by Crippen LogP contribution is 2.34. The zero-order chi connectivity index (χ0) is 14.0. The van der Waals surface area contributed by atoms with Gasteiger partial charge in [-0.05, 0) is 50.2 Å². The van der Waals surface area contributed by atoms with Crippen LogP contribution in [0.25, 0.3) is 0 Å². The molecular weight excluding hydrogens is 302 g/mol. The van der Waals surface area contributed by atoms with Gasteiger partial charge in [-0.15, -0.1) is 0 Å². The van der Waals surface area contributed by atoms with Gasteiger partial charge in [-0.2, -0.15) is 0 Å². The van der Waals surface area contributed by atoms with Crippen LogP contribution in [-0.2, 0) is 0 Å². The van der Waals surface area contributed by atoms with Crippen LogP contribution in [0.4, 0.5) is 0 Å². The third-order valence-corrected chi connectivity index (χ3v) is 4.80. The molecule has 2 nitrogen and oxygen atoms in total. The zero-order valence-electron chi connectivity index (χ0n) is 12.0. The summed E-state index contributed by atoms with van der Waals surface area (Å²) in [6, 6.07) is 6.13. The lowest BCUT2D eigenvalue weighted by Crippen LogP contribution is -2.29. The van der Waals surface area contributed by atoms with E-state index in [0.717, 1.165) is 40.5 Å². The summed E-state index contributed by atoms with van der Waals surface area (Å²) in [6.45, 7) is 6.67. The minimum atomic E-state index is 0.00281. The second-order valence-corrected chi connectivity index (χ2v) is 6.89. The molecule has 1 saturated carbocycles. The zero-order valence-corrected chi connectivity index (χ0v) is 13.6. The van der Waals surface area contributed by atoms with Crippen molar-refractivity contribution in [3.63, 3.8) is 0 Å². The van der Waals surface area contributed by atoms with Crippen LogP contribution in [-0.4, -0.2) is 6.10 Å².